The molecular weight excluding hydrogens is 232 g/mol. The number of nitrogens with one attached hydrogen (secondary N) is 2. The summed E-state index contributed by atoms with van der Waals surface area (Å²) in [7, 11) is 0. The molecule has 1 aliphatic carbocycles. The van der Waals surface area contributed by atoms with Crippen LogP contribution in [0, 0.1) is 5.41 Å². The van der Waals surface area contributed by atoms with E-state index >= 15 is 0 Å². The summed E-state index contributed by atoms with van der Waals surface area (Å²) in [5, 5.41) is 5.01. The minimum Gasteiger partial charge on any atom is -0.361 e. The number of hydrogen-bond acceptors (Lipinski definition) is 1. The fraction of sp³-hybridized carbons (Fsp3) is 0.529. The van der Waals surface area contributed by atoms with Crippen LogP contribution in [0.2, 0.25) is 0 Å². The third kappa shape index (κ3) is 3.01. The van der Waals surface area contributed by atoms with E-state index in [0.29, 0.717) is 11.5 Å². The highest BCUT2D eigenvalue weighted by atomic mass is 14.9. The molecule has 1 heterocycles. The average molecular weight is 256 g/mol. The highest BCUT2D eigenvalue weighted by Gasteiger charge is 2.26. The lowest BCUT2D eigenvalue weighted by Crippen LogP contribution is -2.35. The smallest absolute Gasteiger partial charge is 0.0457 e. The molecule has 0 unspecified atom stereocenters. The van der Waals surface area contributed by atoms with E-state index in [2.05, 4.69) is 48.4 Å². The van der Waals surface area contributed by atoms with Crippen molar-refractivity contribution in [1.82, 2.24) is 10.3 Å². The Balaban J connectivity index is 1.57. The Morgan fingerprint density at radius 3 is 2.79 bits per heavy atom. The normalized spacial score (nSPS) is 19.9. The number of aromatic amines is 1. The number of hydrogen-bond donors (Lipinski definition) is 2. The van der Waals surface area contributed by atoms with Gasteiger partial charge in [0, 0.05) is 24.3 Å². The van der Waals surface area contributed by atoms with Gasteiger partial charge in [-0.1, -0.05) is 26.0 Å². The molecule has 1 fully saturated rings. The molecule has 0 radical (unpaired) electrons. The standard InChI is InChI=1S/C17H24N2/c1-17(2)8-5-15(6-9-17)19-12-13-3-4-14-7-10-18-16(14)11-13/h3-4,7,10-11,15,18-19H,5-6,8-9,12H2,1-2H3. The van der Waals surface area contributed by atoms with Gasteiger partial charge >= 0.3 is 0 Å². The fourth-order valence-electron chi connectivity index (χ4n) is 3.07. The SMILES string of the molecule is CC1(C)CCC(NCc2ccc3cc[nH]c3c2)CC1. The molecule has 0 aliphatic heterocycles. The summed E-state index contributed by atoms with van der Waals surface area (Å²) in [5.74, 6) is 0. The summed E-state index contributed by atoms with van der Waals surface area (Å²) in [4.78, 5) is 3.28. The van der Waals surface area contributed by atoms with Crippen molar-refractivity contribution < 1.29 is 0 Å². The first-order valence-corrected chi connectivity index (χ1v) is 7.42. The van der Waals surface area contributed by atoms with Crippen LogP contribution in [0.5, 0.6) is 0 Å². The van der Waals surface area contributed by atoms with Gasteiger partial charge in [0.15, 0.2) is 0 Å². The Morgan fingerprint density at radius 2 is 2.00 bits per heavy atom. The van der Waals surface area contributed by atoms with Gasteiger partial charge in [0.25, 0.3) is 0 Å². The number of H-pyrrole nitrogens is 1. The van der Waals surface area contributed by atoms with Gasteiger partial charge in [-0.15, -0.1) is 0 Å². The van der Waals surface area contributed by atoms with Crippen molar-refractivity contribution in [1.29, 1.82) is 0 Å². The van der Waals surface area contributed by atoms with Crippen molar-refractivity contribution in [2.24, 2.45) is 5.41 Å². The summed E-state index contributed by atoms with van der Waals surface area (Å²) in [5.41, 5.74) is 3.17. The Kier molecular flexibility index (Phi) is 3.36. The molecule has 19 heavy (non-hydrogen) atoms. The van der Waals surface area contributed by atoms with Crippen LogP contribution in [0.15, 0.2) is 30.5 Å². The third-order valence-corrected chi connectivity index (χ3v) is 4.55. The lowest BCUT2D eigenvalue weighted by Gasteiger charge is -2.34. The molecule has 1 saturated carbocycles. The fourth-order valence-corrected chi connectivity index (χ4v) is 3.07. The molecule has 3 rings (SSSR count). The number of aromatic nitrogens is 1. The Labute approximate surface area is 115 Å². The van der Waals surface area contributed by atoms with Gasteiger partial charge in [-0.2, -0.15) is 0 Å². The molecule has 1 aliphatic rings. The molecule has 1 aromatic carbocycles. The van der Waals surface area contributed by atoms with Crippen LogP contribution in [-0.4, -0.2) is 11.0 Å². The van der Waals surface area contributed by atoms with Gasteiger partial charge < -0.3 is 10.3 Å². The van der Waals surface area contributed by atoms with Gasteiger partial charge in [0.05, 0.1) is 0 Å². The summed E-state index contributed by atoms with van der Waals surface area (Å²) in [6.45, 7) is 5.77. The number of benzene rings is 1. The minimum atomic E-state index is 0.557. The first-order valence-electron chi connectivity index (χ1n) is 7.42. The van der Waals surface area contributed by atoms with Gasteiger partial charge in [0.2, 0.25) is 0 Å². The maximum Gasteiger partial charge on any atom is 0.0457 e. The van der Waals surface area contributed by atoms with Crippen molar-refractivity contribution in [3.05, 3.63) is 36.0 Å². The molecule has 0 amide bonds. The quantitative estimate of drug-likeness (QED) is 0.845. The molecule has 0 bridgehead atoms. The van der Waals surface area contributed by atoms with Crippen LogP contribution < -0.4 is 5.32 Å². The average Bonchev–Trinajstić information content (AvgIpc) is 2.85. The van der Waals surface area contributed by atoms with E-state index in [1.165, 1.54) is 42.1 Å². The van der Waals surface area contributed by atoms with E-state index < -0.39 is 0 Å². The van der Waals surface area contributed by atoms with Crippen molar-refractivity contribution in [3.8, 4) is 0 Å². The second kappa shape index (κ2) is 5.01. The molecule has 2 aromatic rings. The summed E-state index contributed by atoms with van der Waals surface area (Å²) < 4.78 is 0. The Morgan fingerprint density at radius 1 is 1.21 bits per heavy atom. The maximum atomic E-state index is 3.72. The largest absolute Gasteiger partial charge is 0.361 e. The van der Waals surface area contributed by atoms with E-state index in [9.17, 15) is 0 Å². The predicted molar refractivity (Wildman–Crippen MR) is 81.2 cm³/mol. The molecule has 1 aromatic heterocycles. The van der Waals surface area contributed by atoms with E-state index in [1.807, 2.05) is 6.20 Å². The van der Waals surface area contributed by atoms with Crippen LogP contribution in [-0.2, 0) is 6.54 Å². The van der Waals surface area contributed by atoms with Crippen molar-refractivity contribution >= 4 is 10.9 Å². The molecule has 0 atom stereocenters. The van der Waals surface area contributed by atoms with Crippen molar-refractivity contribution in [2.45, 2.75) is 52.1 Å². The van der Waals surface area contributed by atoms with Crippen LogP contribution in [0.3, 0.4) is 0 Å². The Hall–Kier alpha value is -1.28. The molecule has 2 heteroatoms. The Bertz CT molecular complexity index is 543. The summed E-state index contributed by atoms with van der Waals surface area (Å²) in [6, 6.07) is 9.51. The number of fused-ring (bicyclic) bond motifs is 1. The molecule has 102 valence electrons. The zero-order valence-corrected chi connectivity index (χ0v) is 12.0. The molecular formula is C17H24N2. The lowest BCUT2D eigenvalue weighted by molar-refractivity contribution is 0.206. The minimum absolute atomic E-state index is 0.557. The van der Waals surface area contributed by atoms with E-state index in [-0.39, 0.29) is 0 Å². The van der Waals surface area contributed by atoms with Gasteiger partial charge in [0.1, 0.15) is 0 Å². The first kappa shape index (κ1) is 12.7. The monoisotopic (exact) mass is 256 g/mol. The van der Waals surface area contributed by atoms with Gasteiger partial charge in [-0.25, -0.2) is 0 Å². The molecule has 0 spiro atoms. The van der Waals surface area contributed by atoms with Crippen LogP contribution in [0.4, 0.5) is 0 Å². The van der Waals surface area contributed by atoms with E-state index in [0.717, 1.165) is 6.54 Å². The topological polar surface area (TPSA) is 27.8 Å². The first-order chi connectivity index (χ1) is 9.12. The second-order valence-electron chi connectivity index (χ2n) is 6.72. The van der Waals surface area contributed by atoms with Gasteiger partial charge in [-0.05, 0) is 54.2 Å². The van der Waals surface area contributed by atoms with E-state index in [4.69, 9.17) is 0 Å². The lowest BCUT2D eigenvalue weighted by atomic mass is 9.75. The third-order valence-electron chi connectivity index (χ3n) is 4.55. The maximum absolute atomic E-state index is 3.72. The zero-order chi connectivity index (χ0) is 13.3. The van der Waals surface area contributed by atoms with Crippen LogP contribution in [0.25, 0.3) is 10.9 Å². The predicted octanol–water partition coefficient (Wildman–Crippen LogP) is 4.23. The highest BCUT2D eigenvalue weighted by molar-refractivity contribution is 5.79. The highest BCUT2D eigenvalue weighted by Crippen LogP contribution is 2.35. The molecule has 2 nitrogen and oxygen atoms in total. The van der Waals surface area contributed by atoms with Crippen LogP contribution in [0.1, 0.15) is 45.1 Å². The van der Waals surface area contributed by atoms with Crippen molar-refractivity contribution in [2.75, 3.05) is 0 Å². The zero-order valence-electron chi connectivity index (χ0n) is 12.0. The number of rotatable bonds is 3. The van der Waals surface area contributed by atoms with Crippen molar-refractivity contribution in [3.63, 3.8) is 0 Å². The molecule has 0 saturated heterocycles. The van der Waals surface area contributed by atoms with Gasteiger partial charge in [-0.3, -0.25) is 0 Å². The van der Waals surface area contributed by atoms with E-state index in [1.54, 1.807) is 0 Å². The van der Waals surface area contributed by atoms with Crippen LogP contribution >= 0.6 is 0 Å². The second-order valence-corrected chi connectivity index (χ2v) is 6.72. The summed E-state index contributed by atoms with van der Waals surface area (Å²) in [6.07, 6.45) is 7.33. The molecule has 2 N–H and O–H groups in total. The summed E-state index contributed by atoms with van der Waals surface area (Å²) >= 11 is 0.